The van der Waals surface area contributed by atoms with Gasteiger partial charge in [-0.3, -0.25) is 10.1 Å². The van der Waals surface area contributed by atoms with Crippen molar-refractivity contribution >= 4 is 59.5 Å². The molecule has 3 heteroatoms. The van der Waals surface area contributed by atoms with Crippen molar-refractivity contribution in [2.24, 2.45) is 0 Å². The molecule has 0 N–H and O–H groups in total. The predicted molar refractivity (Wildman–Crippen MR) is 103 cm³/mol. The van der Waals surface area contributed by atoms with Crippen molar-refractivity contribution in [3.8, 4) is 0 Å². The van der Waals surface area contributed by atoms with Crippen LogP contribution in [0.15, 0.2) is 66.7 Å². The van der Waals surface area contributed by atoms with Gasteiger partial charge in [-0.1, -0.05) is 48.5 Å². The molecule has 0 fully saturated rings. The van der Waals surface area contributed by atoms with Crippen LogP contribution < -0.4 is 0 Å². The van der Waals surface area contributed by atoms with Crippen LogP contribution in [-0.2, 0) is 0 Å². The topological polar surface area (TPSA) is 43.1 Å². The van der Waals surface area contributed by atoms with Gasteiger partial charge in [0, 0.05) is 10.8 Å². The third-order valence-corrected chi connectivity index (χ3v) is 5.41. The molecule has 0 spiro atoms. The van der Waals surface area contributed by atoms with Gasteiger partial charge in [0.1, 0.15) is 0 Å². The fourth-order valence-electron chi connectivity index (χ4n) is 4.48. The second-order valence-electron chi connectivity index (χ2n) is 6.62. The Morgan fingerprint density at radius 1 is 0.600 bits per heavy atom. The Hall–Kier alpha value is -3.46. The second-order valence-corrected chi connectivity index (χ2v) is 6.62. The lowest BCUT2D eigenvalue weighted by molar-refractivity contribution is -0.381. The number of hydrogen-bond donors (Lipinski definition) is 0. The summed E-state index contributed by atoms with van der Waals surface area (Å²) in [5, 5.41) is 22.1. The molecule has 0 radical (unpaired) electrons. The lowest BCUT2D eigenvalue weighted by Gasteiger charge is -2.17. The molecule has 0 aromatic heterocycles. The van der Waals surface area contributed by atoms with Crippen molar-refractivity contribution in [2.45, 2.75) is 0 Å². The van der Waals surface area contributed by atoms with Crippen LogP contribution in [0.1, 0.15) is 0 Å². The number of benzene rings is 6. The van der Waals surface area contributed by atoms with E-state index in [-0.39, 0.29) is 10.6 Å². The molecule has 0 aliphatic rings. The molecule has 116 valence electrons. The Labute approximate surface area is 141 Å². The number of non-ortho nitro benzene ring substituents is 1. The van der Waals surface area contributed by atoms with Crippen LogP contribution in [-0.4, -0.2) is 4.92 Å². The Morgan fingerprint density at radius 3 is 2.04 bits per heavy atom. The maximum atomic E-state index is 12.0. The molecule has 3 nitrogen and oxygen atoms in total. The highest BCUT2D eigenvalue weighted by atomic mass is 16.6. The molecule has 6 rings (SSSR count). The molecule has 25 heavy (non-hydrogen) atoms. The maximum Gasteiger partial charge on any atom is 0.285 e. The van der Waals surface area contributed by atoms with Crippen LogP contribution in [0.4, 0.5) is 5.69 Å². The number of hydrogen-bond acceptors (Lipinski definition) is 2. The standard InChI is InChI=1S/C22H11NO2/c24-23(25)22-16-6-2-4-13-7-8-15-11-14-5-1-3-12-9-10-17(22)21(18(12)14)20(15)19(13)16/h1-11H. The Kier molecular flexibility index (Phi) is 2.13. The molecule has 0 saturated heterocycles. The fraction of sp³-hybridized carbons (Fsp3) is 0. The van der Waals surface area contributed by atoms with E-state index in [0.29, 0.717) is 0 Å². The normalized spacial score (nSPS) is 12.3. The van der Waals surface area contributed by atoms with E-state index in [1.807, 2.05) is 36.4 Å². The molecular weight excluding hydrogens is 310 g/mol. The number of nitrogens with zero attached hydrogens (tertiary/aromatic N) is 1. The molecule has 6 aromatic carbocycles. The van der Waals surface area contributed by atoms with E-state index in [1.165, 1.54) is 0 Å². The van der Waals surface area contributed by atoms with Crippen molar-refractivity contribution in [1.29, 1.82) is 0 Å². The SMILES string of the molecule is O=[N+]([O-])c1c2cccc3ccc4cc5cccc6ccc1c(c65)c4c32. The smallest absolute Gasteiger partial charge is 0.258 e. The summed E-state index contributed by atoms with van der Waals surface area (Å²) in [5.41, 5.74) is 0.212. The Bertz CT molecular complexity index is 1470. The summed E-state index contributed by atoms with van der Waals surface area (Å²) < 4.78 is 0. The summed E-state index contributed by atoms with van der Waals surface area (Å²) in [7, 11) is 0. The summed E-state index contributed by atoms with van der Waals surface area (Å²) in [5.74, 6) is 0. The fourth-order valence-corrected chi connectivity index (χ4v) is 4.48. The maximum absolute atomic E-state index is 12.0. The molecule has 0 aliphatic carbocycles. The highest BCUT2D eigenvalue weighted by Gasteiger charge is 2.24. The van der Waals surface area contributed by atoms with Gasteiger partial charge in [0.05, 0.1) is 15.7 Å². The second kappa shape index (κ2) is 4.14. The van der Waals surface area contributed by atoms with Gasteiger partial charge >= 0.3 is 0 Å². The summed E-state index contributed by atoms with van der Waals surface area (Å²) >= 11 is 0. The molecule has 0 aliphatic heterocycles. The third kappa shape index (κ3) is 1.42. The van der Waals surface area contributed by atoms with Crippen molar-refractivity contribution in [2.75, 3.05) is 0 Å². The van der Waals surface area contributed by atoms with Crippen LogP contribution in [0, 0.1) is 10.1 Å². The van der Waals surface area contributed by atoms with Gasteiger partial charge in [-0.25, -0.2) is 0 Å². The van der Waals surface area contributed by atoms with Gasteiger partial charge in [0.15, 0.2) is 0 Å². The summed E-state index contributed by atoms with van der Waals surface area (Å²) in [6.45, 7) is 0. The Balaban J connectivity index is 2.14. The zero-order chi connectivity index (χ0) is 16.7. The lowest BCUT2D eigenvalue weighted by Crippen LogP contribution is -1.95. The van der Waals surface area contributed by atoms with Crippen molar-refractivity contribution in [1.82, 2.24) is 0 Å². The van der Waals surface area contributed by atoms with Crippen LogP contribution in [0.25, 0.3) is 53.9 Å². The van der Waals surface area contributed by atoms with Crippen LogP contribution in [0.3, 0.4) is 0 Å². The van der Waals surface area contributed by atoms with Gasteiger partial charge < -0.3 is 0 Å². The average molecular weight is 321 g/mol. The molecule has 0 saturated carbocycles. The van der Waals surface area contributed by atoms with Crippen LogP contribution >= 0.6 is 0 Å². The van der Waals surface area contributed by atoms with Crippen LogP contribution in [0.2, 0.25) is 0 Å². The van der Waals surface area contributed by atoms with Crippen molar-refractivity contribution < 1.29 is 4.92 Å². The minimum atomic E-state index is -0.233. The first-order valence-corrected chi connectivity index (χ1v) is 8.23. The molecule has 0 atom stereocenters. The summed E-state index contributed by atoms with van der Waals surface area (Å²) in [4.78, 5) is 11.7. The number of nitro benzene ring substituents is 1. The van der Waals surface area contributed by atoms with E-state index in [1.54, 1.807) is 0 Å². The molecule has 0 unspecified atom stereocenters. The van der Waals surface area contributed by atoms with Gasteiger partial charge in [0.2, 0.25) is 0 Å². The van der Waals surface area contributed by atoms with E-state index in [2.05, 4.69) is 30.3 Å². The van der Waals surface area contributed by atoms with E-state index in [4.69, 9.17) is 0 Å². The first-order valence-electron chi connectivity index (χ1n) is 8.23. The summed E-state index contributed by atoms with van der Waals surface area (Å²) in [6, 6.07) is 22.3. The Morgan fingerprint density at radius 2 is 1.20 bits per heavy atom. The first kappa shape index (κ1) is 12.9. The highest BCUT2D eigenvalue weighted by molar-refractivity contribution is 6.38. The first-order chi connectivity index (χ1) is 12.2. The minimum Gasteiger partial charge on any atom is -0.258 e. The molecule has 6 aromatic rings. The predicted octanol–water partition coefficient (Wildman–Crippen LogP) is 6.24. The van der Waals surface area contributed by atoms with Crippen molar-refractivity contribution in [3.63, 3.8) is 0 Å². The molecule has 0 amide bonds. The van der Waals surface area contributed by atoms with Gasteiger partial charge in [0.25, 0.3) is 5.69 Å². The average Bonchev–Trinajstić information content (AvgIpc) is 2.63. The van der Waals surface area contributed by atoms with E-state index >= 15 is 0 Å². The van der Waals surface area contributed by atoms with Gasteiger partial charge in [-0.05, 0) is 50.5 Å². The summed E-state index contributed by atoms with van der Waals surface area (Å²) in [6.07, 6.45) is 0. The van der Waals surface area contributed by atoms with Crippen LogP contribution in [0.5, 0.6) is 0 Å². The van der Waals surface area contributed by atoms with E-state index < -0.39 is 0 Å². The zero-order valence-electron chi connectivity index (χ0n) is 13.1. The monoisotopic (exact) mass is 321 g/mol. The molecule has 0 bridgehead atoms. The van der Waals surface area contributed by atoms with Crippen molar-refractivity contribution in [3.05, 3.63) is 76.8 Å². The van der Waals surface area contributed by atoms with Gasteiger partial charge in [-0.2, -0.15) is 0 Å². The third-order valence-electron chi connectivity index (χ3n) is 5.41. The lowest BCUT2D eigenvalue weighted by atomic mass is 9.86. The number of rotatable bonds is 1. The zero-order valence-corrected chi connectivity index (χ0v) is 13.1. The van der Waals surface area contributed by atoms with E-state index in [9.17, 15) is 10.1 Å². The quantitative estimate of drug-likeness (QED) is 0.156. The van der Waals surface area contributed by atoms with E-state index in [0.717, 1.165) is 53.9 Å². The molecular formula is C22H11NO2. The molecule has 0 heterocycles. The van der Waals surface area contributed by atoms with Gasteiger partial charge in [-0.15, -0.1) is 0 Å². The largest absolute Gasteiger partial charge is 0.285 e. The number of nitro groups is 1. The highest BCUT2D eigenvalue weighted by Crippen LogP contribution is 2.47. The minimum absolute atomic E-state index is 0.212.